The number of rotatable bonds is 15. The highest BCUT2D eigenvalue weighted by molar-refractivity contribution is 5.95. The van der Waals surface area contributed by atoms with Crippen molar-refractivity contribution in [3.63, 3.8) is 0 Å². The van der Waals surface area contributed by atoms with E-state index in [-0.39, 0.29) is 11.9 Å². The lowest BCUT2D eigenvalue weighted by molar-refractivity contribution is 0.0511. The van der Waals surface area contributed by atoms with Gasteiger partial charge in [0, 0.05) is 36.4 Å². The number of ether oxygens (including phenoxy) is 2. The summed E-state index contributed by atoms with van der Waals surface area (Å²) in [4.78, 5) is 26.4. The molecule has 1 heterocycles. The van der Waals surface area contributed by atoms with Crippen LogP contribution in [0.25, 0.3) is 0 Å². The monoisotopic (exact) mass is 512 g/mol. The zero-order valence-corrected chi connectivity index (χ0v) is 21.8. The molecule has 3 unspecified atom stereocenters. The van der Waals surface area contributed by atoms with Gasteiger partial charge in [-0.1, -0.05) is 12.5 Å². The van der Waals surface area contributed by atoms with Gasteiger partial charge in [-0.15, -0.1) is 0 Å². The number of carbonyl (C=O) groups is 1. The van der Waals surface area contributed by atoms with Crippen molar-refractivity contribution < 1.29 is 14.3 Å². The van der Waals surface area contributed by atoms with Gasteiger partial charge in [-0.25, -0.2) is 0 Å². The quantitative estimate of drug-likeness (QED) is 0.226. The van der Waals surface area contributed by atoms with Crippen molar-refractivity contribution in [1.29, 1.82) is 0 Å². The molecule has 2 aliphatic carbocycles. The minimum atomic E-state index is -0.178. The molecular formula is C26H40N8O3. The van der Waals surface area contributed by atoms with Crippen molar-refractivity contribution in [3.05, 3.63) is 29.8 Å². The normalized spacial score (nSPS) is 20.3. The zero-order valence-electron chi connectivity index (χ0n) is 21.8. The molecule has 4 rings (SSSR count). The Morgan fingerprint density at radius 3 is 2.54 bits per heavy atom. The number of nitrogens with zero attached hydrogens (tertiary/aromatic N) is 3. The number of benzene rings is 1. The molecule has 0 saturated heterocycles. The number of aromatic nitrogens is 3. The van der Waals surface area contributed by atoms with Crippen LogP contribution in [0.5, 0.6) is 0 Å². The molecule has 1 amide bonds. The molecule has 2 saturated carbocycles. The van der Waals surface area contributed by atoms with Gasteiger partial charge in [-0.2, -0.15) is 15.0 Å². The second kappa shape index (κ2) is 13.5. The number of hydrogen-bond acceptors (Lipinski definition) is 10. The summed E-state index contributed by atoms with van der Waals surface area (Å²) in [6, 6.07) is 7.84. The summed E-state index contributed by atoms with van der Waals surface area (Å²) < 4.78 is 10.7. The standard InChI is InChI=1S/C26H40N8O3/c1-17(2)29-24-32-25(34-26(33-24)31-22-15-18-6-7-19(22)14-18)30-21-5-3-4-20(16-21)23(35)28-9-11-37-13-12-36-10-8-27/h3-5,16-19,22H,6-15,27H2,1-2H3,(H,28,35)(H3,29,30,31,32,33,34). The van der Waals surface area contributed by atoms with Gasteiger partial charge in [0.25, 0.3) is 5.91 Å². The van der Waals surface area contributed by atoms with Crippen molar-refractivity contribution in [2.75, 3.05) is 55.5 Å². The highest BCUT2D eigenvalue weighted by Crippen LogP contribution is 2.45. The lowest BCUT2D eigenvalue weighted by Gasteiger charge is -2.23. The molecular weight excluding hydrogens is 472 g/mol. The predicted molar refractivity (Wildman–Crippen MR) is 144 cm³/mol. The van der Waals surface area contributed by atoms with Crippen molar-refractivity contribution in [1.82, 2.24) is 20.3 Å². The van der Waals surface area contributed by atoms with Gasteiger partial charge < -0.3 is 36.5 Å². The fourth-order valence-electron chi connectivity index (χ4n) is 5.02. The Balaban J connectivity index is 1.34. The van der Waals surface area contributed by atoms with Crippen LogP contribution in [0.2, 0.25) is 0 Å². The van der Waals surface area contributed by atoms with Crippen LogP contribution in [0.1, 0.15) is 49.9 Å². The second-order valence-electron chi connectivity index (χ2n) is 10.0. The second-order valence-corrected chi connectivity index (χ2v) is 10.0. The Bertz CT molecular complexity index is 1020. The summed E-state index contributed by atoms with van der Waals surface area (Å²) in [7, 11) is 0. The Morgan fingerprint density at radius 1 is 1.03 bits per heavy atom. The van der Waals surface area contributed by atoms with Crippen molar-refractivity contribution in [3.8, 4) is 0 Å². The number of hydrogen-bond donors (Lipinski definition) is 5. The van der Waals surface area contributed by atoms with Gasteiger partial charge in [0.2, 0.25) is 17.8 Å². The smallest absolute Gasteiger partial charge is 0.251 e. The van der Waals surface area contributed by atoms with E-state index >= 15 is 0 Å². The Kier molecular flexibility index (Phi) is 9.86. The molecule has 2 fully saturated rings. The van der Waals surface area contributed by atoms with E-state index in [0.717, 1.165) is 5.92 Å². The van der Waals surface area contributed by atoms with E-state index in [0.29, 0.717) is 80.6 Å². The van der Waals surface area contributed by atoms with E-state index in [1.54, 1.807) is 12.1 Å². The number of nitrogens with one attached hydrogen (secondary N) is 4. The number of carbonyl (C=O) groups excluding carboxylic acids is 1. The number of amides is 1. The van der Waals surface area contributed by atoms with Gasteiger partial charge >= 0.3 is 0 Å². The van der Waals surface area contributed by atoms with Crippen LogP contribution in [-0.2, 0) is 9.47 Å². The van der Waals surface area contributed by atoms with Crippen LogP contribution in [0, 0.1) is 11.8 Å². The first-order valence-corrected chi connectivity index (χ1v) is 13.3. The third kappa shape index (κ3) is 8.24. The molecule has 1 aromatic heterocycles. The lowest BCUT2D eigenvalue weighted by atomic mass is 9.95. The average molecular weight is 513 g/mol. The van der Waals surface area contributed by atoms with Gasteiger partial charge in [0.05, 0.1) is 26.4 Å². The average Bonchev–Trinajstić information content (AvgIpc) is 3.48. The van der Waals surface area contributed by atoms with Crippen LogP contribution in [0.4, 0.5) is 23.5 Å². The van der Waals surface area contributed by atoms with Crippen LogP contribution >= 0.6 is 0 Å². The fraction of sp³-hybridized carbons (Fsp3) is 0.615. The van der Waals surface area contributed by atoms with Gasteiger partial charge in [-0.3, -0.25) is 4.79 Å². The lowest BCUT2D eigenvalue weighted by Crippen LogP contribution is -2.28. The minimum absolute atomic E-state index is 0.178. The van der Waals surface area contributed by atoms with Gasteiger partial charge in [0.15, 0.2) is 0 Å². The van der Waals surface area contributed by atoms with Crippen LogP contribution in [0.3, 0.4) is 0 Å². The molecule has 2 bridgehead atoms. The number of anilines is 4. The summed E-state index contributed by atoms with van der Waals surface area (Å²) in [5.41, 5.74) is 6.62. The Hall–Kier alpha value is -3.02. The summed E-state index contributed by atoms with van der Waals surface area (Å²) in [5, 5.41) is 12.9. The highest BCUT2D eigenvalue weighted by Gasteiger charge is 2.39. The van der Waals surface area contributed by atoms with Crippen LogP contribution in [-0.4, -0.2) is 72.5 Å². The topological polar surface area (TPSA) is 148 Å². The maximum absolute atomic E-state index is 12.6. The summed E-state index contributed by atoms with van der Waals surface area (Å²) in [6.45, 7) is 6.87. The van der Waals surface area contributed by atoms with E-state index in [1.165, 1.54) is 25.7 Å². The third-order valence-corrected chi connectivity index (χ3v) is 6.65. The van der Waals surface area contributed by atoms with Crippen molar-refractivity contribution in [2.24, 2.45) is 17.6 Å². The molecule has 2 aliphatic rings. The number of nitrogens with two attached hydrogens (primary N) is 1. The summed E-state index contributed by atoms with van der Waals surface area (Å²) in [6.07, 6.45) is 5.10. The fourth-order valence-corrected chi connectivity index (χ4v) is 5.02. The molecule has 6 N–H and O–H groups in total. The molecule has 0 aliphatic heterocycles. The van der Waals surface area contributed by atoms with Crippen LogP contribution < -0.4 is 27.0 Å². The Morgan fingerprint density at radius 2 is 1.81 bits per heavy atom. The Labute approximate surface area is 218 Å². The molecule has 0 radical (unpaired) electrons. The molecule has 0 spiro atoms. The van der Waals surface area contributed by atoms with E-state index in [4.69, 9.17) is 15.2 Å². The van der Waals surface area contributed by atoms with E-state index < -0.39 is 0 Å². The first kappa shape index (κ1) is 27.0. The van der Waals surface area contributed by atoms with Crippen molar-refractivity contribution in [2.45, 2.75) is 51.6 Å². The van der Waals surface area contributed by atoms with Gasteiger partial charge in [-0.05, 0) is 63.1 Å². The maximum Gasteiger partial charge on any atom is 0.251 e. The summed E-state index contributed by atoms with van der Waals surface area (Å²) >= 11 is 0. The first-order valence-electron chi connectivity index (χ1n) is 13.3. The first-order chi connectivity index (χ1) is 18.0. The molecule has 2 aromatic rings. The van der Waals surface area contributed by atoms with E-state index in [1.807, 2.05) is 26.0 Å². The molecule has 11 heteroatoms. The van der Waals surface area contributed by atoms with E-state index in [9.17, 15) is 4.79 Å². The largest absolute Gasteiger partial charge is 0.378 e. The van der Waals surface area contributed by atoms with Crippen LogP contribution in [0.15, 0.2) is 24.3 Å². The third-order valence-electron chi connectivity index (χ3n) is 6.65. The SMILES string of the molecule is CC(C)Nc1nc(Nc2cccc(C(=O)NCCOCCOCCN)c2)nc(NC2CC3CCC2C3)n1. The molecule has 202 valence electrons. The molecule has 3 atom stereocenters. The van der Waals surface area contributed by atoms with E-state index in [2.05, 4.69) is 36.2 Å². The zero-order chi connectivity index (χ0) is 26.0. The molecule has 11 nitrogen and oxygen atoms in total. The minimum Gasteiger partial charge on any atom is -0.378 e. The molecule has 37 heavy (non-hydrogen) atoms. The van der Waals surface area contributed by atoms with Gasteiger partial charge in [0.1, 0.15) is 0 Å². The molecule has 1 aromatic carbocycles. The highest BCUT2D eigenvalue weighted by atomic mass is 16.5. The predicted octanol–water partition coefficient (Wildman–Crippen LogP) is 2.76. The summed E-state index contributed by atoms with van der Waals surface area (Å²) in [5.74, 6) is 2.85. The van der Waals surface area contributed by atoms with Crippen molar-refractivity contribution >= 4 is 29.4 Å². The number of fused-ring (bicyclic) bond motifs is 2. The maximum atomic E-state index is 12.6.